The fourth-order valence-corrected chi connectivity index (χ4v) is 3.43. The van der Waals surface area contributed by atoms with Gasteiger partial charge in [0.25, 0.3) is 0 Å². The van der Waals surface area contributed by atoms with Gasteiger partial charge in [-0.2, -0.15) is 0 Å². The Kier molecular flexibility index (Phi) is 2.21. The van der Waals surface area contributed by atoms with Crippen LogP contribution in [-0.4, -0.2) is 16.7 Å². The largest absolute Gasteiger partial charge is 0.342 e. The Morgan fingerprint density at radius 2 is 2.33 bits per heavy atom. The molecule has 2 aromatic rings. The fourth-order valence-electron chi connectivity index (χ4n) is 1.83. The predicted octanol–water partition coefficient (Wildman–Crippen LogP) is 2.47. The van der Waals surface area contributed by atoms with Crippen molar-refractivity contribution in [1.82, 2.24) is 10.2 Å². The summed E-state index contributed by atoms with van der Waals surface area (Å²) in [5, 5.41) is 12.5. The molecule has 1 aliphatic rings. The van der Waals surface area contributed by atoms with E-state index in [1.165, 1.54) is 10.4 Å². The van der Waals surface area contributed by atoms with Gasteiger partial charge >= 0.3 is 0 Å². The molecule has 1 aliphatic heterocycles. The van der Waals surface area contributed by atoms with Crippen LogP contribution in [0.3, 0.4) is 0 Å². The molecule has 78 valence electrons. The molecule has 0 unspecified atom stereocenters. The molecule has 15 heavy (non-hydrogen) atoms. The molecule has 0 fully saturated rings. The summed E-state index contributed by atoms with van der Waals surface area (Å²) in [5.41, 5.74) is 1.46. The van der Waals surface area contributed by atoms with Crippen LogP contribution in [0.5, 0.6) is 0 Å². The monoisotopic (exact) mass is 237 g/mol. The summed E-state index contributed by atoms with van der Waals surface area (Å²) in [4.78, 5) is 3.85. The van der Waals surface area contributed by atoms with Gasteiger partial charge in [0.15, 0.2) is 0 Å². The molecular weight excluding hydrogens is 226 g/mol. The Morgan fingerprint density at radius 1 is 1.40 bits per heavy atom. The molecule has 0 aliphatic carbocycles. The molecule has 0 amide bonds. The first-order valence-corrected chi connectivity index (χ1v) is 6.63. The Labute approximate surface area is 96.4 Å². The van der Waals surface area contributed by atoms with Gasteiger partial charge in [0, 0.05) is 18.0 Å². The van der Waals surface area contributed by atoms with Gasteiger partial charge in [-0.1, -0.05) is 11.3 Å². The van der Waals surface area contributed by atoms with Crippen molar-refractivity contribution in [2.75, 3.05) is 11.4 Å². The highest BCUT2D eigenvalue weighted by molar-refractivity contribution is 7.15. The van der Waals surface area contributed by atoms with Crippen molar-refractivity contribution in [2.24, 2.45) is 0 Å². The van der Waals surface area contributed by atoms with Gasteiger partial charge in [-0.15, -0.1) is 21.5 Å². The van der Waals surface area contributed by atoms with Gasteiger partial charge < -0.3 is 4.90 Å². The van der Waals surface area contributed by atoms with E-state index in [9.17, 15) is 0 Å². The molecule has 0 spiro atoms. The summed E-state index contributed by atoms with van der Waals surface area (Å²) in [6.07, 6.45) is 1.14. The van der Waals surface area contributed by atoms with Gasteiger partial charge in [-0.25, -0.2) is 0 Å². The lowest BCUT2D eigenvalue weighted by atomic mass is 10.1. The summed E-state index contributed by atoms with van der Waals surface area (Å²) >= 11 is 3.55. The lowest BCUT2D eigenvalue weighted by Crippen LogP contribution is -2.29. The summed E-state index contributed by atoms with van der Waals surface area (Å²) in [6.45, 7) is 4.07. The van der Waals surface area contributed by atoms with Crippen molar-refractivity contribution in [3.63, 3.8) is 0 Å². The number of hydrogen-bond donors (Lipinski definition) is 0. The molecule has 0 aromatic carbocycles. The van der Waals surface area contributed by atoms with Crippen LogP contribution in [0.1, 0.15) is 15.4 Å². The molecule has 2 aromatic heterocycles. The molecule has 5 heteroatoms. The Hall–Kier alpha value is -0.940. The van der Waals surface area contributed by atoms with Crippen LogP contribution in [0.15, 0.2) is 11.4 Å². The number of fused-ring (bicyclic) bond motifs is 1. The molecule has 0 radical (unpaired) electrons. The van der Waals surface area contributed by atoms with E-state index < -0.39 is 0 Å². The summed E-state index contributed by atoms with van der Waals surface area (Å²) in [5.74, 6) is 0. The van der Waals surface area contributed by atoms with Gasteiger partial charge in [-0.3, -0.25) is 0 Å². The molecule has 3 rings (SSSR count). The van der Waals surface area contributed by atoms with Crippen molar-refractivity contribution in [2.45, 2.75) is 19.9 Å². The highest BCUT2D eigenvalue weighted by Crippen LogP contribution is 2.29. The number of aryl methyl sites for hydroxylation is 1. The molecule has 0 bridgehead atoms. The SMILES string of the molecule is Cc1nnc(N2CCc3sccc3C2)s1. The first-order valence-electron chi connectivity index (χ1n) is 4.93. The standard InChI is InChI=1S/C10H11N3S2/c1-7-11-12-10(15-7)13-4-2-9-8(6-13)3-5-14-9/h3,5H,2,4,6H2,1H3. The number of hydrogen-bond acceptors (Lipinski definition) is 5. The third-order valence-corrected chi connectivity index (χ3v) is 4.52. The van der Waals surface area contributed by atoms with E-state index in [2.05, 4.69) is 26.5 Å². The first kappa shape index (κ1) is 9.30. The predicted molar refractivity (Wildman–Crippen MR) is 63.7 cm³/mol. The number of rotatable bonds is 1. The minimum Gasteiger partial charge on any atom is -0.342 e. The zero-order valence-corrected chi connectivity index (χ0v) is 10.1. The zero-order valence-electron chi connectivity index (χ0n) is 8.43. The first-order chi connectivity index (χ1) is 7.33. The Bertz CT molecular complexity index is 474. The smallest absolute Gasteiger partial charge is 0.208 e. The van der Waals surface area contributed by atoms with Gasteiger partial charge in [-0.05, 0) is 30.4 Å². The van der Waals surface area contributed by atoms with Crippen LogP contribution in [0.2, 0.25) is 0 Å². The third kappa shape index (κ3) is 1.66. The molecule has 0 saturated carbocycles. The topological polar surface area (TPSA) is 29.0 Å². The minimum absolute atomic E-state index is 0.994. The molecule has 3 nitrogen and oxygen atoms in total. The van der Waals surface area contributed by atoms with Crippen LogP contribution in [0, 0.1) is 6.92 Å². The number of anilines is 1. The zero-order chi connectivity index (χ0) is 10.3. The van der Waals surface area contributed by atoms with Crippen LogP contribution in [0.4, 0.5) is 5.13 Å². The highest BCUT2D eigenvalue weighted by atomic mass is 32.1. The van der Waals surface area contributed by atoms with Crippen molar-refractivity contribution in [1.29, 1.82) is 0 Å². The van der Waals surface area contributed by atoms with Crippen molar-refractivity contribution in [3.05, 3.63) is 26.9 Å². The van der Waals surface area contributed by atoms with E-state index in [4.69, 9.17) is 0 Å². The lowest BCUT2D eigenvalue weighted by Gasteiger charge is -2.25. The fraction of sp³-hybridized carbons (Fsp3) is 0.400. The van der Waals surface area contributed by atoms with Crippen LogP contribution in [0.25, 0.3) is 0 Å². The molecule has 0 N–H and O–H groups in total. The van der Waals surface area contributed by atoms with E-state index in [-0.39, 0.29) is 0 Å². The molecule has 3 heterocycles. The maximum absolute atomic E-state index is 4.19. The number of thiophene rings is 1. The average Bonchev–Trinajstić information content (AvgIpc) is 2.84. The summed E-state index contributed by atoms with van der Waals surface area (Å²) < 4.78 is 0. The van der Waals surface area contributed by atoms with Gasteiger partial charge in [0.05, 0.1) is 0 Å². The average molecular weight is 237 g/mol. The van der Waals surface area contributed by atoms with E-state index in [1.54, 1.807) is 11.3 Å². The molecule has 0 atom stereocenters. The van der Waals surface area contributed by atoms with Crippen molar-refractivity contribution in [3.8, 4) is 0 Å². The molecule has 0 saturated heterocycles. The van der Waals surface area contributed by atoms with Gasteiger partial charge in [0.1, 0.15) is 5.01 Å². The van der Waals surface area contributed by atoms with Crippen molar-refractivity contribution < 1.29 is 0 Å². The van der Waals surface area contributed by atoms with Crippen LogP contribution >= 0.6 is 22.7 Å². The van der Waals surface area contributed by atoms with E-state index in [0.29, 0.717) is 0 Å². The number of nitrogens with zero attached hydrogens (tertiary/aromatic N) is 3. The van der Waals surface area contributed by atoms with E-state index in [0.717, 1.165) is 29.6 Å². The summed E-state index contributed by atoms with van der Waals surface area (Å²) in [6, 6.07) is 2.22. The Morgan fingerprint density at radius 3 is 3.13 bits per heavy atom. The van der Waals surface area contributed by atoms with Crippen LogP contribution in [-0.2, 0) is 13.0 Å². The minimum atomic E-state index is 0.994. The second-order valence-electron chi connectivity index (χ2n) is 3.64. The second-order valence-corrected chi connectivity index (χ2v) is 5.80. The highest BCUT2D eigenvalue weighted by Gasteiger charge is 2.19. The maximum Gasteiger partial charge on any atom is 0.208 e. The Balaban J connectivity index is 1.87. The normalized spacial score (nSPS) is 15.4. The third-order valence-electron chi connectivity index (χ3n) is 2.59. The number of aromatic nitrogens is 2. The van der Waals surface area contributed by atoms with Crippen LogP contribution < -0.4 is 4.90 Å². The molecular formula is C10H11N3S2. The lowest BCUT2D eigenvalue weighted by molar-refractivity contribution is 0.734. The van der Waals surface area contributed by atoms with E-state index >= 15 is 0 Å². The maximum atomic E-state index is 4.19. The van der Waals surface area contributed by atoms with Gasteiger partial charge in [0.2, 0.25) is 5.13 Å². The van der Waals surface area contributed by atoms with Crippen molar-refractivity contribution >= 4 is 27.8 Å². The quantitative estimate of drug-likeness (QED) is 0.763. The second kappa shape index (κ2) is 3.57. The van der Waals surface area contributed by atoms with E-state index in [1.807, 2.05) is 18.3 Å². The summed E-state index contributed by atoms with van der Waals surface area (Å²) in [7, 11) is 0.